The molecule has 2 aliphatic heterocycles. The van der Waals surface area contributed by atoms with Crippen molar-refractivity contribution in [3.05, 3.63) is 98.4 Å². The van der Waals surface area contributed by atoms with Gasteiger partial charge in [-0.25, -0.2) is 9.59 Å². The Bertz CT molecular complexity index is 1240. The second kappa shape index (κ2) is 10.7. The number of ether oxygens (including phenoxy) is 2. The average Bonchev–Trinajstić information content (AvgIpc) is 3.30. The summed E-state index contributed by atoms with van der Waals surface area (Å²) in [6.45, 7) is 5.60. The van der Waals surface area contributed by atoms with Crippen molar-refractivity contribution >= 4 is 17.6 Å². The van der Waals surface area contributed by atoms with Gasteiger partial charge in [-0.15, -0.1) is 0 Å². The summed E-state index contributed by atoms with van der Waals surface area (Å²) < 4.78 is 10.9. The second-order valence-corrected chi connectivity index (χ2v) is 9.02. The zero-order valence-electron chi connectivity index (χ0n) is 20.5. The number of likely N-dealkylation sites (tertiary alicyclic amines) is 1. The average molecular weight is 492 g/mol. The van der Waals surface area contributed by atoms with E-state index in [-0.39, 0.29) is 22.9 Å². The number of hydrogen-bond donors (Lipinski definition) is 1. The van der Waals surface area contributed by atoms with Crippen LogP contribution in [0.3, 0.4) is 0 Å². The number of esters is 2. The van der Waals surface area contributed by atoms with E-state index in [0.29, 0.717) is 29.9 Å². The molecule has 0 bridgehead atoms. The van der Waals surface area contributed by atoms with Gasteiger partial charge in [0.15, 0.2) is 0 Å². The first kappa shape index (κ1) is 25.1. The van der Waals surface area contributed by atoms with Gasteiger partial charge < -0.3 is 14.8 Å². The van der Waals surface area contributed by atoms with E-state index in [1.807, 2.05) is 18.2 Å². The monoisotopic (exact) mass is 491 g/mol. The minimum absolute atomic E-state index is 0.134. The van der Waals surface area contributed by atoms with Gasteiger partial charge in [-0.1, -0.05) is 42.5 Å². The SMILES string of the molecule is COC(=O)C1=C(C)NC(C)=C(C(=O)O[C@@H]2CCN(Cc3ccccc3)C2)[C@H]1c1cccc([N+](=O)[O-])c1. The molecule has 2 aliphatic rings. The summed E-state index contributed by atoms with van der Waals surface area (Å²) in [7, 11) is 1.26. The predicted octanol–water partition coefficient (Wildman–Crippen LogP) is 3.82. The third-order valence-electron chi connectivity index (χ3n) is 6.55. The van der Waals surface area contributed by atoms with Crippen LogP contribution < -0.4 is 5.32 Å². The highest BCUT2D eigenvalue weighted by Gasteiger charge is 2.39. The van der Waals surface area contributed by atoms with Crippen LogP contribution >= 0.6 is 0 Å². The maximum Gasteiger partial charge on any atom is 0.337 e. The normalized spacial score (nSPS) is 20.2. The molecule has 1 saturated heterocycles. The number of nitrogens with zero attached hydrogens (tertiary/aromatic N) is 2. The Morgan fingerprint density at radius 1 is 1.06 bits per heavy atom. The molecular formula is C27H29N3O6. The Hall–Kier alpha value is -3.98. The van der Waals surface area contributed by atoms with Gasteiger partial charge >= 0.3 is 11.9 Å². The number of rotatable bonds is 7. The molecule has 1 fully saturated rings. The summed E-state index contributed by atoms with van der Waals surface area (Å²) in [5.74, 6) is -2.05. The van der Waals surface area contributed by atoms with E-state index in [4.69, 9.17) is 9.47 Å². The summed E-state index contributed by atoms with van der Waals surface area (Å²) in [6, 6.07) is 16.0. The molecule has 4 rings (SSSR count). The van der Waals surface area contributed by atoms with E-state index in [1.54, 1.807) is 19.9 Å². The molecule has 36 heavy (non-hydrogen) atoms. The summed E-state index contributed by atoms with van der Waals surface area (Å²) >= 11 is 0. The van der Waals surface area contributed by atoms with Crippen LogP contribution in [0, 0.1) is 10.1 Å². The molecular weight excluding hydrogens is 462 g/mol. The lowest BCUT2D eigenvalue weighted by molar-refractivity contribution is -0.384. The zero-order chi connectivity index (χ0) is 25.8. The Morgan fingerprint density at radius 2 is 1.75 bits per heavy atom. The second-order valence-electron chi connectivity index (χ2n) is 9.02. The molecule has 0 unspecified atom stereocenters. The van der Waals surface area contributed by atoms with Crippen LogP contribution in [0.4, 0.5) is 5.69 Å². The molecule has 9 nitrogen and oxygen atoms in total. The summed E-state index contributed by atoms with van der Waals surface area (Å²) in [5, 5.41) is 14.5. The molecule has 2 heterocycles. The number of benzene rings is 2. The van der Waals surface area contributed by atoms with E-state index in [9.17, 15) is 19.7 Å². The predicted molar refractivity (Wildman–Crippen MR) is 133 cm³/mol. The van der Waals surface area contributed by atoms with Gasteiger partial charge in [0.05, 0.1) is 29.1 Å². The van der Waals surface area contributed by atoms with Crippen molar-refractivity contribution in [3.8, 4) is 0 Å². The smallest absolute Gasteiger partial charge is 0.337 e. The van der Waals surface area contributed by atoms with Crippen molar-refractivity contribution in [1.82, 2.24) is 10.2 Å². The molecule has 2 aromatic carbocycles. The molecule has 0 amide bonds. The van der Waals surface area contributed by atoms with Gasteiger partial charge in [-0.2, -0.15) is 0 Å². The lowest BCUT2D eigenvalue weighted by atomic mass is 9.80. The number of carbonyl (C=O) groups excluding carboxylic acids is 2. The van der Waals surface area contributed by atoms with Crippen molar-refractivity contribution < 1.29 is 24.0 Å². The number of carbonyl (C=O) groups is 2. The van der Waals surface area contributed by atoms with Crippen molar-refractivity contribution in [1.29, 1.82) is 0 Å². The first-order valence-corrected chi connectivity index (χ1v) is 11.8. The molecule has 1 N–H and O–H groups in total. The van der Waals surface area contributed by atoms with Gasteiger partial charge in [-0.3, -0.25) is 15.0 Å². The van der Waals surface area contributed by atoms with E-state index >= 15 is 0 Å². The molecule has 188 valence electrons. The lowest BCUT2D eigenvalue weighted by Gasteiger charge is -2.30. The summed E-state index contributed by atoms with van der Waals surface area (Å²) in [4.78, 5) is 39.5. The fourth-order valence-electron chi connectivity index (χ4n) is 4.89. The molecule has 0 aliphatic carbocycles. The standard InChI is InChI=1S/C27H29N3O6/c1-17-23(26(31)35-3)25(20-10-7-11-21(14-20)30(33)34)24(18(2)28-17)27(32)36-22-12-13-29(16-22)15-19-8-5-4-6-9-19/h4-11,14,22,25,28H,12-13,15-16H2,1-3H3/t22-,25+/m1/s1. The fourth-order valence-corrected chi connectivity index (χ4v) is 4.89. The molecule has 0 aromatic heterocycles. The molecule has 0 spiro atoms. The number of hydrogen-bond acceptors (Lipinski definition) is 8. The van der Waals surface area contributed by atoms with E-state index in [0.717, 1.165) is 13.1 Å². The molecule has 9 heteroatoms. The number of nitrogens with one attached hydrogen (secondary N) is 1. The van der Waals surface area contributed by atoms with Crippen LogP contribution in [0.5, 0.6) is 0 Å². The van der Waals surface area contributed by atoms with Crippen LogP contribution in [0.2, 0.25) is 0 Å². The van der Waals surface area contributed by atoms with Crippen molar-refractivity contribution in [2.24, 2.45) is 0 Å². The minimum Gasteiger partial charge on any atom is -0.466 e. The Kier molecular flexibility index (Phi) is 7.49. The molecule has 2 atom stereocenters. The van der Waals surface area contributed by atoms with Crippen LogP contribution in [-0.4, -0.2) is 48.1 Å². The minimum atomic E-state index is -0.868. The first-order valence-electron chi connectivity index (χ1n) is 11.8. The zero-order valence-corrected chi connectivity index (χ0v) is 20.5. The molecule has 2 aromatic rings. The van der Waals surface area contributed by atoms with Crippen molar-refractivity contribution in [2.75, 3.05) is 20.2 Å². The third kappa shape index (κ3) is 5.31. The highest BCUT2D eigenvalue weighted by atomic mass is 16.6. The number of allylic oxidation sites excluding steroid dienone is 2. The van der Waals surface area contributed by atoms with E-state index in [1.165, 1.54) is 30.9 Å². The summed E-state index contributed by atoms with van der Waals surface area (Å²) in [6.07, 6.45) is 0.388. The highest BCUT2D eigenvalue weighted by molar-refractivity contribution is 6.00. The van der Waals surface area contributed by atoms with Crippen LogP contribution in [0.1, 0.15) is 37.3 Å². The fraction of sp³-hybridized carbons (Fsp3) is 0.333. The van der Waals surface area contributed by atoms with E-state index in [2.05, 4.69) is 22.3 Å². The number of dihydropyridines is 1. The quantitative estimate of drug-likeness (QED) is 0.354. The van der Waals surface area contributed by atoms with Crippen LogP contribution in [0.15, 0.2) is 77.1 Å². The van der Waals surface area contributed by atoms with Gasteiger partial charge in [0.25, 0.3) is 5.69 Å². The molecule has 0 saturated carbocycles. The van der Waals surface area contributed by atoms with Crippen LogP contribution in [-0.2, 0) is 25.6 Å². The number of methoxy groups -OCH3 is 1. The number of nitro benzene ring substituents is 1. The summed E-state index contributed by atoms with van der Waals surface area (Å²) in [5.41, 5.74) is 2.99. The topological polar surface area (TPSA) is 111 Å². The lowest BCUT2D eigenvalue weighted by Crippen LogP contribution is -2.34. The number of non-ortho nitro benzene ring substituents is 1. The first-order chi connectivity index (χ1) is 17.3. The maximum absolute atomic E-state index is 13.5. The molecule has 0 radical (unpaired) electrons. The Labute approximate surface area is 209 Å². The van der Waals surface area contributed by atoms with Gasteiger partial charge in [0, 0.05) is 43.2 Å². The third-order valence-corrected chi connectivity index (χ3v) is 6.55. The van der Waals surface area contributed by atoms with Crippen molar-refractivity contribution in [2.45, 2.75) is 38.8 Å². The Morgan fingerprint density at radius 3 is 2.42 bits per heavy atom. The van der Waals surface area contributed by atoms with Crippen LogP contribution in [0.25, 0.3) is 0 Å². The Balaban J connectivity index is 1.60. The largest absolute Gasteiger partial charge is 0.466 e. The maximum atomic E-state index is 13.5. The van der Waals surface area contributed by atoms with E-state index < -0.39 is 22.8 Å². The van der Waals surface area contributed by atoms with Gasteiger partial charge in [-0.05, 0) is 31.4 Å². The highest BCUT2D eigenvalue weighted by Crippen LogP contribution is 2.40. The number of nitro groups is 1. The van der Waals surface area contributed by atoms with Gasteiger partial charge in [0.1, 0.15) is 6.10 Å². The van der Waals surface area contributed by atoms with Crippen molar-refractivity contribution in [3.63, 3.8) is 0 Å². The van der Waals surface area contributed by atoms with Gasteiger partial charge in [0.2, 0.25) is 0 Å².